The number of unbranched alkanes of at least 4 members (excludes halogenated alkanes) is 1. The standard InChI is InChI=1S/C30H42N4O4/c1-7-24(8-2)38-27-15-20(3)29-32-19-21(28(31)34(29)33-27)11-12-26(36)22-16-23(30(4,5)6)18-25(17-22)37-14-10-9-13-35/h15-19,24,31,35H,7-14H2,1-6H3. The molecule has 0 saturated carbocycles. The van der Waals surface area contributed by atoms with E-state index in [1.807, 2.05) is 25.1 Å². The first-order valence-electron chi connectivity index (χ1n) is 13.6. The molecule has 8 heteroatoms. The summed E-state index contributed by atoms with van der Waals surface area (Å²) in [6.07, 6.45) is 5.52. The van der Waals surface area contributed by atoms with Crippen LogP contribution in [-0.4, -0.2) is 44.8 Å². The quantitative estimate of drug-likeness (QED) is 0.231. The molecule has 0 bridgehead atoms. The highest BCUT2D eigenvalue weighted by molar-refractivity contribution is 5.96. The maximum absolute atomic E-state index is 13.3. The molecule has 0 aliphatic heterocycles. The summed E-state index contributed by atoms with van der Waals surface area (Å²) < 4.78 is 13.4. The van der Waals surface area contributed by atoms with Crippen LogP contribution in [0, 0.1) is 12.3 Å². The number of aromatic nitrogens is 3. The molecule has 0 amide bonds. The second-order valence-electron chi connectivity index (χ2n) is 10.8. The van der Waals surface area contributed by atoms with Gasteiger partial charge in [0, 0.05) is 36.4 Å². The van der Waals surface area contributed by atoms with Crippen LogP contribution in [0.25, 0.3) is 5.65 Å². The van der Waals surface area contributed by atoms with Crippen molar-refractivity contribution in [1.82, 2.24) is 14.6 Å². The number of nitrogens with one attached hydrogen (secondary N) is 1. The van der Waals surface area contributed by atoms with Crippen LogP contribution in [0.4, 0.5) is 0 Å². The average molecular weight is 523 g/mol. The van der Waals surface area contributed by atoms with E-state index >= 15 is 0 Å². The number of benzene rings is 1. The second kappa shape index (κ2) is 13.0. The number of hydrogen-bond acceptors (Lipinski definition) is 7. The molecule has 1 aromatic carbocycles. The highest BCUT2D eigenvalue weighted by Crippen LogP contribution is 2.28. The van der Waals surface area contributed by atoms with Crippen molar-refractivity contribution >= 4 is 11.4 Å². The molecular weight excluding hydrogens is 480 g/mol. The minimum absolute atomic E-state index is 0.0178. The Morgan fingerprint density at radius 2 is 1.87 bits per heavy atom. The molecular formula is C30H42N4O4. The number of rotatable bonds is 13. The van der Waals surface area contributed by atoms with Crippen LogP contribution >= 0.6 is 0 Å². The minimum atomic E-state index is -0.148. The molecule has 38 heavy (non-hydrogen) atoms. The number of fused-ring (bicyclic) bond motifs is 1. The molecule has 206 valence electrons. The topological polar surface area (TPSA) is 110 Å². The molecule has 2 heterocycles. The summed E-state index contributed by atoms with van der Waals surface area (Å²) in [5.41, 5.74) is 3.80. The summed E-state index contributed by atoms with van der Waals surface area (Å²) in [6.45, 7) is 13.0. The Morgan fingerprint density at radius 1 is 1.13 bits per heavy atom. The predicted molar refractivity (Wildman–Crippen MR) is 148 cm³/mol. The SMILES string of the molecule is CCC(CC)Oc1cc(C)c2ncc(CCC(=O)c3cc(OCCCCO)cc(C(C)(C)C)c3)c(=N)n2n1. The van der Waals surface area contributed by atoms with E-state index in [1.54, 1.807) is 12.3 Å². The fourth-order valence-corrected chi connectivity index (χ4v) is 4.18. The lowest BCUT2D eigenvalue weighted by Gasteiger charge is -2.21. The van der Waals surface area contributed by atoms with Crippen molar-refractivity contribution in [3.8, 4) is 11.6 Å². The van der Waals surface area contributed by atoms with Gasteiger partial charge in [0.25, 0.3) is 0 Å². The highest BCUT2D eigenvalue weighted by Gasteiger charge is 2.19. The Kier molecular flexibility index (Phi) is 10.0. The molecule has 8 nitrogen and oxygen atoms in total. The summed E-state index contributed by atoms with van der Waals surface area (Å²) >= 11 is 0. The van der Waals surface area contributed by atoms with Gasteiger partial charge in [0.2, 0.25) is 5.88 Å². The third kappa shape index (κ3) is 7.40. The number of carbonyl (C=O) groups excluding carboxylic acids is 1. The maximum Gasteiger partial charge on any atom is 0.232 e. The molecule has 0 atom stereocenters. The number of Topliss-reactive ketones (excluding diaryl/α,β-unsaturated/α-hetero) is 1. The number of hydrogen-bond donors (Lipinski definition) is 2. The first-order valence-corrected chi connectivity index (χ1v) is 13.6. The molecule has 0 fully saturated rings. The van der Waals surface area contributed by atoms with Crippen LogP contribution in [0.3, 0.4) is 0 Å². The molecule has 0 spiro atoms. The van der Waals surface area contributed by atoms with E-state index < -0.39 is 0 Å². The Balaban J connectivity index is 1.83. The zero-order valence-corrected chi connectivity index (χ0v) is 23.6. The predicted octanol–water partition coefficient (Wildman–Crippen LogP) is 5.35. The number of aryl methyl sites for hydroxylation is 2. The number of carbonyl (C=O) groups is 1. The van der Waals surface area contributed by atoms with Crippen molar-refractivity contribution in [3.63, 3.8) is 0 Å². The first kappa shape index (κ1) is 29.3. The van der Waals surface area contributed by atoms with Crippen molar-refractivity contribution < 1.29 is 19.4 Å². The number of nitrogens with zero attached hydrogens (tertiary/aromatic N) is 3. The normalized spacial score (nSPS) is 11.8. The third-order valence-electron chi connectivity index (χ3n) is 6.69. The monoisotopic (exact) mass is 522 g/mol. The zero-order valence-electron chi connectivity index (χ0n) is 23.6. The van der Waals surface area contributed by atoms with Gasteiger partial charge in [-0.05, 0) is 73.8 Å². The Morgan fingerprint density at radius 3 is 2.53 bits per heavy atom. The minimum Gasteiger partial charge on any atom is -0.494 e. The van der Waals surface area contributed by atoms with Gasteiger partial charge in [-0.15, -0.1) is 5.10 Å². The molecule has 3 rings (SSSR count). The molecule has 0 aliphatic carbocycles. The van der Waals surface area contributed by atoms with Crippen molar-refractivity contribution in [3.05, 3.63) is 58.2 Å². The van der Waals surface area contributed by atoms with Gasteiger partial charge in [0.05, 0.1) is 12.7 Å². The van der Waals surface area contributed by atoms with Crippen LogP contribution in [-0.2, 0) is 11.8 Å². The largest absolute Gasteiger partial charge is 0.494 e. The first-order chi connectivity index (χ1) is 18.1. The number of ketones is 1. The van der Waals surface area contributed by atoms with Gasteiger partial charge in [0.1, 0.15) is 5.75 Å². The second-order valence-corrected chi connectivity index (χ2v) is 10.8. The van der Waals surface area contributed by atoms with Gasteiger partial charge in [0.15, 0.2) is 16.9 Å². The summed E-state index contributed by atoms with van der Waals surface area (Å²) in [5.74, 6) is 1.12. The van der Waals surface area contributed by atoms with E-state index in [9.17, 15) is 4.79 Å². The Hall–Kier alpha value is -3.26. The smallest absolute Gasteiger partial charge is 0.232 e. The lowest BCUT2D eigenvalue weighted by molar-refractivity contribution is 0.0982. The van der Waals surface area contributed by atoms with E-state index in [0.717, 1.165) is 30.4 Å². The average Bonchev–Trinajstić information content (AvgIpc) is 2.89. The van der Waals surface area contributed by atoms with Gasteiger partial charge in [-0.3, -0.25) is 10.2 Å². The molecule has 2 aromatic heterocycles. The van der Waals surface area contributed by atoms with E-state index in [-0.39, 0.29) is 35.8 Å². The third-order valence-corrected chi connectivity index (χ3v) is 6.69. The maximum atomic E-state index is 13.3. The lowest BCUT2D eigenvalue weighted by atomic mass is 9.85. The van der Waals surface area contributed by atoms with Crippen LogP contribution in [0.15, 0.2) is 30.5 Å². The van der Waals surface area contributed by atoms with E-state index in [0.29, 0.717) is 47.9 Å². The number of ether oxygens (including phenoxy) is 2. The fourth-order valence-electron chi connectivity index (χ4n) is 4.18. The van der Waals surface area contributed by atoms with E-state index in [1.165, 1.54) is 4.52 Å². The fraction of sp³-hybridized carbons (Fsp3) is 0.533. The van der Waals surface area contributed by atoms with Crippen molar-refractivity contribution in [2.75, 3.05) is 13.2 Å². The summed E-state index contributed by atoms with van der Waals surface area (Å²) in [5, 5.41) is 22.3. The van der Waals surface area contributed by atoms with E-state index in [2.05, 4.69) is 44.7 Å². The number of aliphatic hydroxyl groups excluding tert-OH is 1. The molecule has 0 aliphatic rings. The molecule has 3 aromatic rings. The van der Waals surface area contributed by atoms with Gasteiger partial charge < -0.3 is 14.6 Å². The summed E-state index contributed by atoms with van der Waals surface area (Å²) in [7, 11) is 0. The lowest BCUT2D eigenvalue weighted by Crippen LogP contribution is -2.24. The van der Waals surface area contributed by atoms with Crippen molar-refractivity contribution in [1.29, 1.82) is 5.41 Å². The van der Waals surface area contributed by atoms with Crippen LogP contribution in [0.2, 0.25) is 0 Å². The van der Waals surface area contributed by atoms with Crippen molar-refractivity contribution in [2.24, 2.45) is 0 Å². The Bertz CT molecular complexity index is 1310. The summed E-state index contributed by atoms with van der Waals surface area (Å²) in [6, 6.07) is 7.56. The van der Waals surface area contributed by atoms with Crippen molar-refractivity contribution in [2.45, 2.75) is 91.6 Å². The summed E-state index contributed by atoms with van der Waals surface area (Å²) in [4.78, 5) is 17.8. The van der Waals surface area contributed by atoms with Crippen LogP contribution in [0.5, 0.6) is 11.6 Å². The van der Waals surface area contributed by atoms with Gasteiger partial charge >= 0.3 is 0 Å². The zero-order chi connectivity index (χ0) is 27.9. The highest BCUT2D eigenvalue weighted by atomic mass is 16.5. The van der Waals surface area contributed by atoms with Gasteiger partial charge in [-0.1, -0.05) is 34.6 Å². The van der Waals surface area contributed by atoms with E-state index in [4.69, 9.17) is 20.0 Å². The van der Waals surface area contributed by atoms with Gasteiger partial charge in [-0.2, -0.15) is 4.52 Å². The molecule has 0 radical (unpaired) electrons. The molecule has 0 unspecified atom stereocenters. The Labute approximate surface area is 225 Å². The van der Waals surface area contributed by atoms with Crippen LogP contribution in [0.1, 0.15) is 93.8 Å². The molecule has 0 saturated heterocycles. The number of aliphatic hydroxyl groups is 1. The van der Waals surface area contributed by atoms with Gasteiger partial charge in [-0.25, -0.2) is 4.98 Å². The molecule has 2 N–H and O–H groups in total. The van der Waals surface area contributed by atoms with Crippen LogP contribution < -0.4 is 15.0 Å².